The molecule has 1 aromatic heterocycles. The number of nitrogens with zero attached hydrogens (tertiary/aromatic N) is 2. The van der Waals surface area contributed by atoms with E-state index in [1.54, 1.807) is 12.1 Å². The van der Waals surface area contributed by atoms with Gasteiger partial charge in [0, 0.05) is 23.9 Å². The van der Waals surface area contributed by atoms with Crippen LogP contribution in [0.3, 0.4) is 0 Å². The van der Waals surface area contributed by atoms with Gasteiger partial charge in [-0.1, -0.05) is 43.3 Å². The summed E-state index contributed by atoms with van der Waals surface area (Å²) >= 11 is 0. The summed E-state index contributed by atoms with van der Waals surface area (Å²) in [4.78, 5) is 25.6. The van der Waals surface area contributed by atoms with Gasteiger partial charge >= 0.3 is 18.2 Å². The number of alkyl halides is 3. The van der Waals surface area contributed by atoms with Crippen LogP contribution in [0.15, 0.2) is 71.6 Å². The molecule has 42 heavy (non-hydrogen) atoms. The maximum atomic E-state index is 14.9. The van der Waals surface area contributed by atoms with Gasteiger partial charge in [-0.3, -0.25) is 5.32 Å². The Balaban J connectivity index is 1.64. The fourth-order valence-corrected chi connectivity index (χ4v) is 5.22. The van der Waals surface area contributed by atoms with Gasteiger partial charge in [-0.05, 0) is 47.9 Å². The standard InChI is InChI=1S/C28H24F4N4O5S/c1-3-19-24(36(35-25(19)28(30,31)32)18-8-6-7-16(13-18)15-33)26(37)41-27(38)34-22-12-11-17(14-21(22)29)20-9-4-5-10-23(20)42(2,39)40/h4-14H,3,15,33H2,1-2H3,(H,34,38). The highest BCUT2D eigenvalue weighted by molar-refractivity contribution is 7.90. The van der Waals surface area contributed by atoms with E-state index >= 15 is 0 Å². The number of aromatic nitrogens is 2. The second-order valence-corrected chi connectivity index (χ2v) is 11.1. The third kappa shape index (κ3) is 6.34. The van der Waals surface area contributed by atoms with E-state index in [1.807, 2.05) is 5.32 Å². The lowest BCUT2D eigenvalue weighted by Gasteiger charge is -2.12. The van der Waals surface area contributed by atoms with E-state index in [1.165, 1.54) is 49.4 Å². The largest absolute Gasteiger partial charge is 0.435 e. The highest BCUT2D eigenvalue weighted by Crippen LogP contribution is 2.35. The number of nitrogens with two attached hydrogens (primary N) is 1. The van der Waals surface area contributed by atoms with Crippen LogP contribution in [0, 0.1) is 5.82 Å². The fourth-order valence-electron chi connectivity index (χ4n) is 4.31. The van der Waals surface area contributed by atoms with Crippen molar-refractivity contribution in [1.82, 2.24) is 9.78 Å². The van der Waals surface area contributed by atoms with Crippen molar-refractivity contribution in [1.29, 1.82) is 0 Å². The van der Waals surface area contributed by atoms with E-state index in [2.05, 4.69) is 5.10 Å². The van der Waals surface area contributed by atoms with Crippen molar-refractivity contribution in [3.8, 4) is 16.8 Å². The van der Waals surface area contributed by atoms with E-state index < -0.39 is 56.5 Å². The number of rotatable bonds is 7. The Labute approximate surface area is 237 Å². The third-order valence-electron chi connectivity index (χ3n) is 6.18. The molecule has 0 saturated heterocycles. The van der Waals surface area contributed by atoms with Crippen molar-refractivity contribution in [2.45, 2.75) is 31.0 Å². The molecule has 1 amide bonds. The number of hydrogen-bond donors (Lipinski definition) is 2. The van der Waals surface area contributed by atoms with E-state index in [-0.39, 0.29) is 34.7 Å². The van der Waals surface area contributed by atoms with Crippen molar-refractivity contribution in [2.75, 3.05) is 11.6 Å². The number of carbonyl (C=O) groups excluding carboxylic acids is 2. The van der Waals surface area contributed by atoms with Gasteiger partial charge in [-0.2, -0.15) is 18.3 Å². The Hall–Kier alpha value is -4.56. The Morgan fingerprint density at radius 1 is 1.05 bits per heavy atom. The lowest BCUT2D eigenvalue weighted by Crippen LogP contribution is -2.22. The van der Waals surface area contributed by atoms with Crippen LogP contribution in [0.4, 0.5) is 28.0 Å². The Kier molecular flexibility index (Phi) is 8.50. The molecule has 14 heteroatoms. The molecule has 4 rings (SSSR count). The van der Waals surface area contributed by atoms with Gasteiger partial charge in [0.2, 0.25) is 0 Å². The van der Waals surface area contributed by atoms with Crippen molar-refractivity contribution in [3.05, 3.63) is 95.1 Å². The number of carbonyl (C=O) groups is 2. The zero-order valence-electron chi connectivity index (χ0n) is 22.2. The Bertz CT molecular complexity index is 1790. The normalized spacial score (nSPS) is 11.8. The topological polar surface area (TPSA) is 133 Å². The number of esters is 1. The van der Waals surface area contributed by atoms with E-state index in [0.29, 0.717) is 5.56 Å². The lowest BCUT2D eigenvalue weighted by atomic mass is 10.1. The van der Waals surface area contributed by atoms with Crippen molar-refractivity contribution >= 4 is 27.6 Å². The summed E-state index contributed by atoms with van der Waals surface area (Å²) in [6.45, 7) is 1.44. The quantitative estimate of drug-likeness (QED) is 0.161. The molecule has 0 aliphatic heterocycles. The van der Waals surface area contributed by atoms with Gasteiger partial charge in [0.1, 0.15) is 5.82 Å². The first kappa shape index (κ1) is 30.4. The van der Waals surface area contributed by atoms with Gasteiger partial charge in [0.15, 0.2) is 21.2 Å². The smallest absolute Gasteiger partial charge is 0.371 e. The van der Waals surface area contributed by atoms with E-state index in [4.69, 9.17) is 10.5 Å². The van der Waals surface area contributed by atoms with Gasteiger partial charge in [0.05, 0.1) is 16.3 Å². The summed E-state index contributed by atoms with van der Waals surface area (Å²) in [6.07, 6.45) is -5.65. The predicted molar refractivity (Wildman–Crippen MR) is 145 cm³/mol. The van der Waals surface area contributed by atoms with E-state index in [0.717, 1.165) is 23.1 Å². The van der Waals surface area contributed by atoms with Gasteiger partial charge in [-0.25, -0.2) is 27.1 Å². The number of amides is 1. The van der Waals surface area contributed by atoms with E-state index in [9.17, 15) is 35.6 Å². The molecule has 0 radical (unpaired) electrons. The summed E-state index contributed by atoms with van der Waals surface area (Å²) in [6, 6.07) is 15.4. The van der Waals surface area contributed by atoms with Gasteiger partial charge < -0.3 is 10.5 Å². The van der Waals surface area contributed by atoms with Crippen molar-refractivity contribution in [3.63, 3.8) is 0 Å². The SMILES string of the molecule is CCc1c(C(F)(F)F)nn(-c2cccc(CN)c2)c1C(=O)OC(=O)Nc1ccc(-c2ccccc2S(C)(=O)=O)cc1F. The third-order valence-corrected chi connectivity index (χ3v) is 7.33. The second-order valence-electron chi connectivity index (χ2n) is 9.08. The van der Waals surface area contributed by atoms with Crippen LogP contribution in [-0.4, -0.2) is 36.5 Å². The molecular weight excluding hydrogens is 580 g/mol. The molecule has 0 saturated carbocycles. The summed E-state index contributed by atoms with van der Waals surface area (Å²) < 4.78 is 86.1. The number of ether oxygens (including phenoxy) is 1. The number of anilines is 1. The molecule has 220 valence electrons. The lowest BCUT2D eigenvalue weighted by molar-refractivity contribution is -0.141. The molecule has 0 bridgehead atoms. The molecule has 0 atom stereocenters. The molecule has 9 nitrogen and oxygen atoms in total. The van der Waals surface area contributed by atoms with Crippen LogP contribution in [0.2, 0.25) is 0 Å². The van der Waals surface area contributed by atoms with Crippen molar-refractivity contribution in [2.24, 2.45) is 5.73 Å². The highest BCUT2D eigenvalue weighted by atomic mass is 32.2. The highest BCUT2D eigenvalue weighted by Gasteiger charge is 2.41. The molecule has 3 N–H and O–H groups in total. The Morgan fingerprint density at radius 2 is 1.76 bits per heavy atom. The monoisotopic (exact) mass is 604 g/mol. The van der Waals surface area contributed by atoms with Crippen LogP contribution in [0.5, 0.6) is 0 Å². The summed E-state index contributed by atoms with van der Waals surface area (Å²) in [5.74, 6) is -2.44. The number of hydrogen-bond acceptors (Lipinski definition) is 7. The minimum absolute atomic E-state index is 0.0336. The average Bonchev–Trinajstić information content (AvgIpc) is 3.34. The molecule has 0 unspecified atom stereocenters. The molecule has 0 spiro atoms. The second kappa shape index (κ2) is 11.7. The van der Waals surface area contributed by atoms with Crippen LogP contribution >= 0.6 is 0 Å². The zero-order valence-corrected chi connectivity index (χ0v) is 23.0. The fraction of sp³-hybridized carbons (Fsp3) is 0.179. The summed E-state index contributed by atoms with van der Waals surface area (Å²) in [5.41, 5.74) is 3.78. The molecule has 3 aromatic carbocycles. The van der Waals surface area contributed by atoms with Crippen LogP contribution in [-0.2, 0) is 33.7 Å². The summed E-state index contributed by atoms with van der Waals surface area (Å²) in [5, 5.41) is 5.65. The first-order valence-electron chi connectivity index (χ1n) is 12.3. The molecule has 0 fully saturated rings. The van der Waals surface area contributed by atoms with Crippen molar-refractivity contribution < 1.29 is 40.3 Å². The zero-order chi connectivity index (χ0) is 30.8. The molecule has 0 aliphatic rings. The predicted octanol–water partition coefficient (Wildman–Crippen LogP) is 5.51. The number of benzene rings is 3. The maximum absolute atomic E-state index is 14.9. The first-order valence-corrected chi connectivity index (χ1v) is 14.2. The molecule has 4 aromatic rings. The number of halogens is 4. The Morgan fingerprint density at radius 3 is 2.38 bits per heavy atom. The first-order chi connectivity index (χ1) is 19.7. The number of nitrogens with one attached hydrogen (secondary N) is 1. The minimum atomic E-state index is -4.92. The van der Waals surface area contributed by atoms with Crippen LogP contribution in [0.25, 0.3) is 16.8 Å². The molecule has 0 aliphatic carbocycles. The maximum Gasteiger partial charge on any atom is 0.435 e. The van der Waals surface area contributed by atoms with Crippen LogP contribution < -0.4 is 11.1 Å². The van der Waals surface area contributed by atoms with Gasteiger partial charge in [0.25, 0.3) is 0 Å². The molecule has 1 heterocycles. The van der Waals surface area contributed by atoms with Crippen LogP contribution in [0.1, 0.15) is 34.2 Å². The number of sulfone groups is 1. The molecular formula is C28H24F4N4O5S. The average molecular weight is 605 g/mol. The minimum Gasteiger partial charge on any atom is -0.371 e. The summed E-state index contributed by atoms with van der Waals surface area (Å²) in [7, 11) is -3.64. The van der Waals surface area contributed by atoms with Gasteiger partial charge in [-0.15, -0.1) is 0 Å².